The van der Waals surface area contributed by atoms with Gasteiger partial charge in [0.2, 0.25) is 5.91 Å². The predicted octanol–water partition coefficient (Wildman–Crippen LogP) is 3.57. The Morgan fingerprint density at radius 3 is 3.00 bits per heavy atom. The van der Waals surface area contributed by atoms with E-state index in [0.717, 1.165) is 35.1 Å². The maximum Gasteiger partial charge on any atom is 0.220 e. The zero-order chi connectivity index (χ0) is 16.9. The molecule has 0 aliphatic carbocycles. The summed E-state index contributed by atoms with van der Waals surface area (Å²) < 4.78 is 2.92. The number of hydrogen-bond acceptors (Lipinski definition) is 2. The molecule has 2 heterocycles. The van der Waals surface area contributed by atoms with Crippen molar-refractivity contribution < 1.29 is 4.79 Å². The Morgan fingerprint density at radius 1 is 1.38 bits per heavy atom. The standard InChI is InChI=1S/C18H21BrN4O/c1-13-16(19)12-23(22-13)10-4-9-20-18(24)8-7-14-11-21-17-6-3-2-5-15(14)17/h2-3,5-6,11-12,21H,4,7-10H2,1H3,(H,20,24). The lowest BCUT2D eigenvalue weighted by Crippen LogP contribution is -2.25. The van der Waals surface area contributed by atoms with E-state index in [1.807, 2.05) is 42.2 Å². The molecule has 0 aliphatic heterocycles. The smallest absolute Gasteiger partial charge is 0.220 e. The third-order valence-electron chi connectivity index (χ3n) is 4.07. The third kappa shape index (κ3) is 4.06. The van der Waals surface area contributed by atoms with Crippen LogP contribution in [-0.4, -0.2) is 27.2 Å². The quantitative estimate of drug-likeness (QED) is 0.607. The maximum atomic E-state index is 12.0. The molecular formula is C18H21BrN4O. The first-order valence-corrected chi connectivity index (χ1v) is 8.94. The van der Waals surface area contributed by atoms with Crippen molar-refractivity contribution in [2.24, 2.45) is 0 Å². The van der Waals surface area contributed by atoms with Crippen molar-refractivity contribution in [1.29, 1.82) is 0 Å². The van der Waals surface area contributed by atoms with Gasteiger partial charge in [-0.15, -0.1) is 0 Å². The lowest BCUT2D eigenvalue weighted by molar-refractivity contribution is -0.121. The summed E-state index contributed by atoms with van der Waals surface area (Å²) in [7, 11) is 0. The fraction of sp³-hybridized carbons (Fsp3) is 0.333. The Morgan fingerprint density at radius 2 is 2.21 bits per heavy atom. The summed E-state index contributed by atoms with van der Waals surface area (Å²) in [5.41, 5.74) is 3.30. The van der Waals surface area contributed by atoms with Crippen LogP contribution in [0.2, 0.25) is 0 Å². The van der Waals surface area contributed by atoms with E-state index in [9.17, 15) is 4.79 Å². The minimum absolute atomic E-state index is 0.0955. The molecule has 0 aliphatic rings. The van der Waals surface area contributed by atoms with Gasteiger partial charge >= 0.3 is 0 Å². The SMILES string of the molecule is Cc1nn(CCCNC(=O)CCc2c[nH]c3ccccc23)cc1Br. The number of hydrogen-bond donors (Lipinski definition) is 2. The van der Waals surface area contributed by atoms with Gasteiger partial charge in [0.25, 0.3) is 0 Å². The highest BCUT2D eigenvalue weighted by molar-refractivity contribution is 9.10. The average Bonchev–Trinajstić information content (AvgIpc) is 3.13. The van der Waals surface area contributed by atoms with Gasteiger partial charge in [0.15, 0.2) is 0 Å². The van der Waals surface area contributed by atoms with Crippen LogP contribution in [0.3, 0.4) is 0 Å². The number of nitrogens with zero attached hydrogens (tertiary/aromatic N) is 2. The van der Waals surface area contributed by atoms with E-state index >= 15 is 0 Å². The number of amides is 1. The summed E-state index contributed by atoms with van der Waals surface area (Å²) >= 11 is 3.45. The number of fused-ring (bicyclic) bond motifs is 1. The van der Waals surface area contributed by atoms with E-state index in [2.05, 4.69) is 37.4 Å². The molecule has 0 fully saturated rings. The molecule has 0 radical (unpaired) electrons. The van der Waals surface area contributed by atoms with Gasteiger partial charge in [0.1, 0.15) is 0 Å². The zero-order valence-electron chi connectivity index (χ0n) is 13.7. The van der Waals surface area contributed by atoms with Crippen molar-refractivity contribution in [2.45, 2.75) is 32.7 Å². The maximum absolute atomic E-state index is 12.0. The van der Waals surface area contributed by atoms with E-state index in [1.54, 1.807) is 0 Å². The van der Waals surface area contributed by atoms with Crippen molar-refractivity contribution in [3.63, 3.8) is 0 Å². The van der Waals surface area contributed by atoms with Gasteiger partial charge in [-0.1, -0.05) is 18.2 Å². The molecule has 0 saturated carbocycles. The highest BCUT2D eigenvalue weighted by atomic mass is 79.9. The number of nitrogens with one attached hydrogen (secondary N) is 2. The van der Waals surface area contributed by atoms with Crippen LogP contribution in [0.15, 0.2) is 41.1 Å². The molecule has 6 heteroatoms. The Labute approximate surface area is 149 Å². The summed E-state index contributed by atoms with van der Waals surface area (Å²) in [6.07, 6.45) is 6.09. The number of benzene rings is 1. The van der Waals surface area contributed by atoms with Gasteiger partial charge in [-0.3, -0.25) is 9.48 Å². The van der Waals surface area contributed by atoms with E-state index in [4.69, 9.17) is 0 Å². The van der Waals surface area contributed by atoms with Crippen molar-refractivity contribution in [3.05, 3.63) is 52.4 Å². The predicted molar refractivity (Wildman–Crippen MR) is 98.9 cm³/mol. The van der Waals surface area contributed by atoms with Crippen molar-refractivity contribution in [2.75, 3.05) is 6.54 Å². The van der Waals surface area contributed by atoms with E-state index < -0.39 is 0 Å². The van der Waals surface area contributed by atoms with Gasteiger partial charge < -0.3 is 10.3 Å². The highest BCUT2D eigenvalue weighted by Gasteiger charge is 2.06. The monoisotopic (exact) mass is 388 g/mol. The third-order valence-corrected chi connectivity index (χ3v) is 4.85. The summed E-state index contributed by atoms with van der Waals surface area (Å²) in [6, 6.07) is 8.17. The van der Waals surface area contributed by atoms with E-state index in [-0.39, 0.29) is 5.91 Å². The molecule has 2 aromatic heterocycles. The van der Waals surface area contributed by atoms with E-state index in [0.29, 0.717) is 13.0 Å². The second-order valence-corrected chi connectivity index (χ2v) is 6.74. The van der Waals surface area contributed by atoms with Gasteiger partial charge in [-0.25, -0.2) is 0 Å². The largest absolute Gasteiger partial charge is 0.361 e. The number of aromatic amines is 1. The summed E-state index contributed by atoms with van der Waals surface area (Å²) in [4.78, 5) is 15.2. The van der Waals surface area contributed by atoms with Crippen LogP contribution in [0.25, 0.3) is 10.9 Å². The van der Waals surface area contributed by atoms with Crippen LogP contribution < -0.4 is 5.32 Å². The molecule has 1 aromatic carbocycles. The summed E-state index contributed by atoms with van der Waals surface area (Å²) in [5.74, 6) is 0.0955. The Hall–Kier alpha value is -2.08. The Kier molecular flexibility index (Phi) is 5.35. The number of halogens is 1. The first-order chi connectivity index (χ1) is 11.6. The number of para-hydroxylation sites is 1. The second kappa shape index (κ2) is 7.66. The highest BCUT2D eigenvalue weighted by Crippen LogP contribution is 2.18. The topological polar surface area (TPSA) is 62.7 Å². The van der Waals surface area contributed by atoms with E-state index in [1.165, 1.54) is 10.9 Å². The lowest BCUT2D eigenvalue weighted by Gasteiger charge is -2.05. The molecule has 0 saturated heterocycles. The van der Waals surface area contributed by atoms with Crippen LogP contribution >= 0.6 is 15.9 Å². The van der Waals surface area contributed by atoms with Crippen molar-refractivity contribution in [3.8, 4) is 0 Å². The molecule has 24 heavy (non-hydrogen) atoms. The van der Waals surface area contributed by atoms with Gasteiger partial charge in [-0.2, -0.15) is 5.10 Å². The van der Waals surface area contributed by atoms with Crippen LogP contribution in [-0.2, 0) is 17.8 Å². The van der Waals surface area contributed by atoms with Crippen LogP contribution in [0.1, 0.15) is 24.1 Å². The average molecular weight is 389 g/mol. The Balaban J connectivity index is 1.40. The fourth-order valence-electron chi connectivity index (χ4n) is 2.75. The van der Waals surface area contributed by atoms with Crippen molar-refractivity contribution in [1.82, 2.24) is 20.1 Å². The molecule has 2 N–H and O–H groups in total. The van der Waals surface area contributed by atoms with Gasteiger partial charge in [0, 0.05) is 42.8 Å². The minimum atomic E-state index is 0.0955. The summed E-state index contributed by atoms with van der Waals surface area (Å²) in [5, 5.41) is 8.56. The number of H-pyrrole nitrogens is 1. The summed E-state index contributed by atoms with van der Waals surface area (Å²) in [6.45, 7) is 3.44. The number of rotatable bonds is 7. The number of carbonyl (C=O) groups excluding carboxylic acids is 1. The van der Waals surface area contributed by atoms with Crippen LogP contribution in [0.5, 0.6) is 0 Å². The Bertz CT molecular complexity index is 817. The number of aryl methyl sites for hydroxylation is 3. The normalized spacial score (nSPS) is 11.1. The molecule has 0 atom stereocenters. The second-order valence-electron chi connectivity index (χ2n) is 5.89. The molecule has 5 nitrogen and oxygen atoms in total. The van der Waals surface area contributed by atoms with Crippen molar-refractivity contribution >= 4 is 32.7 Å². The molecule has 0 spiro atoms. The molecule has 0 unspecified atom stereocenters. The van der Waals surface area contributed by atoms with Crippen LogP contribution in [0.4, 0.5) is 0 Å². The molecule has 0 bridgehead atoms. The van der Waals surface area contributed by atoms with Gasteiger partial charge in [0.05, 0.1) is 10.2 Å². The molecule has 3 rings (SSSR count). The first kappa shape index (κ1) is 16.8. The fourth-order valence-corrected chi connectivity index (χ4v) is 3.07. The zero-order valence-corrected chi connectivity index (χ0v) is 15.3. The molecule has 1 amide bonds. The lowest BCUT2D eigenvalue weighted by atomic mass is 10.1. The number of aromatic nitrogens is 3. The molecule has 3 aromatic rings. The van der Waals surface area contributed by atoms with Gasteiger partial charge in [-0.05, 0) is 47.3 Å². The molecular weight excluding hydrogens is 368 g/mol. The number of carbonyl (C=O) groups is 1. The van der Waals surface area contributed by atoms with Crippen LogP contribution in [0, 0.1) is 6.92 Å². The molecule has 126 valence electrons. The first-order valence-electron chi connectivity index (χ1n) is 8.15. The minimum Gasteiger partial charge on any atom is -0.361 e.